The van der Waals surface area contributed by atoms with Crippen LogP contribution in [0.5, 0.6) is 0 Å². The second kappa shape index (κ2) is 72.0. The van der Waals surface area contributed by atoms with Gasteiger partial charge in [0.2, 0.25) is 47.6 Å². The van der Waals surface area contributed by atoms with Crippen molar-refractivity contribution >= 4 is 215 Å². The van der Waals surface area contributed by atoms with E-state index < -0.39 is 204 Å². The number of carbonyl (C=O) groups excluding carboxylic acids is 19. The summed E-state index contributed by atoms with van der Waals surface area (Å²) in [5, 5.41) is 48.7. The molecule has 0 radical (unpaired) electrons. The number of ether oxygens (including phenoxy) is 14. The number of rotatable bonds is 47. The van der Waals surface area contributed by atoms with Gasteiger partial charge in [-0.1, -0.05) is 51.3 Å². The average molecular weight is 1940 g/mol. The van der Waals surface area contributed by atoms with E-state index in [1.165, 1.54) is 34.6 Å². The number of hydrogen-bond acceptors (Lipinski definition) is 45. The van der Waals surface area contributed by atoms with E-state index in [0.29, 0.717) is 76.1 Å². The molecule has 1 aliphatic carbocycles. The maximum absolute atomic E-state index is 11.7. The van der Waals surface area contributed by atoms with Gasteiger partial charge in [0.05, 0.1) is 64.7 Å². The van der Waals surface area contributed by atoms with Gasteiger partial charge in [0.1, 0.15) is 28.9 Å². The molecule has 0 heterocycles. The van der Waals surface area contributed by atoms with Crippen LogP contribution < -0.4 is 0 Å². The van der Waals surface area contributed by atoms with Crippen LogP contribution in [0.2, 0.25) is 0 Å². The quantitative estimate of drug-likeness (QED) is 0.0201. The predicted octanol–water partition coefficient (Wildman–Crippen LogP) is 10.3. The summed E-state index contributed by atoms with van der Waals surface area (Å²) in [6, 6.07) is 8.18. The Hall–Kier alpha value is -10.9. The number of esters is 8. The number of aliphatic carboxylic acids is 6. The van der Waals surface area contributed by atoms with Crippen molar-refractivity contribution in [2.24, 2.45) is 52.8 Å². The third-order valence-electron chi connectivity index (χ3n) is 14.5. The van der Waals surface area contributed by atoms with E-state index in [-0.39, 0.29) is 113 Å². The van der Waals surface area contributed by atoms with Crippen molar-refractivity contribution in [2.75, 3.05) is 82.1 Å². The van der Waals surface area contributed by atoms with Crippen molar-refractivity contribution in [3.05, 3.63) is 35.9 Å². The van der Waals surface area contributed by atoms with E-state index >= 15 is 0 Å². The second-order valence-electron chi connectivity index (χ2n) is 27.3. The molecule has 6 N–H and O–H groups in total. The standard InChI is InChI=1S/C15H22O7S.C15H16O7S.C13H20O7S.C12H16O10S.C12H18O7S.C10H14O7S/c2*1-10(16)7-12(13(17)18)8-23-15(20)22-9-21-14(19)11-5-3-2-4-6-11;1-8(14)5-9(10(15)16)6-21-12(18)20-7-19-11(17)13(2,3)4;1-7(13)19-5-21-10(15)3-9(11(16)17)4-23-12(18)22-6-20-8(2)14;1-7(2)11(16)18-6-19-12(17)20-5-9(10(14)15)4-8(3)13;1-6(11)3-8(9(13)14)4-18-10(15)17-5-16-7(2)12/h11-12H,2-9H2,1H3,(H,17,18);2-6,12H,7-9H2,1H3,(H,17,18);9H,5-7H2,1-4H3,(H,15,16);9H,3-6H2,1-2H3,(H,16,17);7,9H,4-6H2,1-3H3,(H,14,15);8H,3-5H2,1-2H3,(H,13,14)/t2*12-;3*9-;8-/m000000/s1. The Labute approximate surface area is 758 Å². The first-order chi connectivity index (χ1) is 59.6. The van der Waals surface area contributed by atoms with E-state index in [1.54, 1.807) is 65.0 Å². The molecule has 2 rings (SSSR count). The van der Waals surface area contributed by atoms with Crippen LogP contribution in [0.15, 0.2) is 30.3 Å². The summed E-state index contributed by atoms with van der Waals surface area (Å²) in [5.74, 6) is -20.2. The van der Waals surface area contributed by atoms with E-state index in [1.807, 2.05) is 0 Å². The lowest BCUT2D eigenvalue weighted by atomic mass is 9.89. The van der Waals surface area contributed by atoms with Gasteiger partial charge < -0.3 is 121 Å². The van der Waals surface area contributed by atoms with Crippen LogP contribution in [0.4, 0.5) is 28.8 Å². The molecular formula is C77H106O45S6. The van der Waals surface area contributed by atoms with Crippen LogP contribution in [0.1, 0.15) is 171 Å². The average Bonchev–Trinajstić information content (AvgIpc) is 0.875. The summed E-state index contributed by atoms with van der Waals surface area (Å²) >= 11 is 3.66. The van der Waals surface area contributed by atoms with E-state index in [4.69, 9.17) is 49.6 Å². The minimum absolute atomic E-state index is 0.0652. The molecule has 45 nitrogen and oxygen atoms in total. The van der Waals surface area contributed by atoms with E-state index in [9.17, 15) is 120 Å². The summed E-state index contributed by atoms with van der Waals surface area (Å²) in [6.45, 7) is 14.3. The maximum Gasteiger partial charge on any atom is 0.370 e. The van der Waals surface area contributed by atoms with Gasteiger partial charge in [-0.2, -0.15) is 0 Å². The number of hydrogen-bond donors (Lipinski definition) is 6. The number of carbonyl (C=O) groups is 25. The molecule has 1 saturated carbocycles. The Morgan fingerprint density at radius 3 is 0.828 bits per heavy atom. The fourth-order valence-corrected chi connectivity index (χ4v) is 12.5. The van der Waals surface area contributed by atoms with E-state index in [2.05, 4.69) is 47.4 Å². The molecule has 128 heavy (non-hydrogen) atoms. The molecule has 0 aromatic heterocycles. The van der Waals surface area contributed by atoms with Crippen molar-refractivity contribution in [1.82, 2.24) is 0 Å². The fourth-order valence-electron chi connectivity index (χ4n) is 8.09. The molecule has 0 aliphatic heterocycles. The monoisotopic (exact) mass is 1940 g/mol. The Kier molecular flexibility index (Phi) is 69.4. The number of carboxylic acids is 6. The number of Topliss-reactive ketones (excluding diaryl/α,β-unsaturated/α-hetero) is 5. The third kappa shape index (κ3) is 73.1. The predicted molar refractivity (Wildman–Crippen MR) is 448 cm³/mol. The molecule has 720 valence electrons. The first-order valence-electron chi connectivity index (χ1n) is 37.5. The van der Waals surface area contributed by atoms with E-state index in [0.717, 1.165) is 52.9 Å². The van der Waals surface area contributed by atoms with Gasteiger partial charge in [-0.3, -0.25) is 62.3 Å². The number of carboxylic acid groups (broad SMARTS) is 6. The molecule has 1 aromatic rings. The number of thioether (sulfide) groups is 6. The van der Waals surface area contributed by atoms with Crippen molar-refractivity contribution in [1.29, 1.82) is 0 Å². The number of benzene rings is 1. The zero-order valence-electron chi connectivity index (χ0n) is 72.0. The molecule has 6 atom stereocenters. The molecule has 51 heteroatoms. The Morgan fingerprint density at radius 1 is 0.320 bits per heavy atom. The fraction of sp³-hybridized carbons (Fsp3) is 0.597. The molecule has 0 spiro atoms. The van der Waals surface area contributed by atoms with Crippen molar-refractivity contribution in [3.8, 4) is 0 Å². The van der Waals surface area contributed by atoms with Gasteiger partial charge >= 0.3 is 115 Å². The Morgan fingerprint density at radius 2 is 0.570 bits per heavy atom. The lowest BCUT2D eigenvalue weighted by Gasteiger charge is -2.19. The highest BCUT2D eigenvalue weighted by molar-refractivity contribution is 8.14. The highest BCUT2D eigenvalue weighted by Crippen LogP contribution is 2.26. The molecule has 1 aromatic carbocycles. The van der Waals surface area contributed by atoms with Gasteiger partial charge in [0.25, 0.3) is 0 Å². The maximum atomic E-state index is 11.7. The largest absolute Gasteiger partial charge is 0.481 e. The van der Waals surface area contributed by atoms with Crippen LogP contribution >= 0.6 is 70.6 Å². The molecular weight excluding hydrogens is 1840 g/mol. The smallest absolute Gasteiger partial charge is 0.370 e. The van der Waals surface area contributed by atoms with Crippen molar-refractivity contribution in [2.45, 2.75) is 161 Å². The third-order valence-corrected chi connectivity index (χ3v) is 20.0. The molecule has 1 aliphatic rings. The van der Waals surface area contributed by atoms with Crippen molar-refractivity contribution in [3.63, 3.8) is 0 Å². The highest BCUT2D eigenvalue weighted by atomic mass is 32.2. The molecule has 0 amide bonds. The second-order valence-corrected chi connectivity index (χ2v) is 33.1. The first-order valence-corrected chi connectivity index (χ1v) is 43.4. The normalized spacial score (nSPS) is 12.5. The Bertz CT molecular complexity index is 3850. The van der Waals surface area contributed by atoms with Gasteiger partial charge in [0, 0.05) is 87.4 Å². The summed E-state index contributed by atoms with van der Waals surface area (Å²) in [5.41, 5.74) is -0.376. The van der Waals surface area contributed by atoms with Crippen LogP contribution in [0.25, 0.3) is 0 Å². The lowest BCUT2D eigenvalue weighted by Crippen LogP contribution is -2.24. The zero-order chi connectivity index (χ0) is 98.8. The van der Waals surface area contributed by atoms with Gasteiger partial charge in [-0.05, 0) is 151 Å². The summed E-state index contributed by atoms with van der Waals surface area (Å²) in [7, 11) is 0. The minimum Gasteiger partial charge on any atom is -0.481 e. The van der Waals surface area contributed by atoms with Crippen LogP contribution in [-0.2, 0) is 153 Å². The highest BCUT2D eigenvalue weighted by Gasteiger charge is 2.30. The topological polar surface area (TPSA) is 677 Å². The molecule has 0 saturated heterocycles. The minimum atomic E-state index is -1.31. The Balaban J connectivity index is -0.000000722. The lowest BCUT2D eigenvalue weighted by molar-refractivity contribution is -0.168. The SMILES string of the molecule is CC(=O)C[C@@H](CSC(=O)OCOC(=O)C(C)(C)C)C(=O)O.CC(=O)C[C@@H](CSC(=O)OCOC(=O)C(C)C)C(=O)O.CC(=O)C[C@@H](CSC(=O)OCOC(=O)C1CCCCC1)C(=O)O.CC(=O)C[C@@H](CSC(=O)OCOC(=O)c1ccccc1)C(=O)O.CC(=O)C[C@@H](CSC(=O)OCOC(C)=O)C(=O)O.CC(=O)OCOC(=O)C[C@@H](CSC(=O)OCOC(C)=O)C(=O)O. The van der Waals surface area contributed by atoms with Crippen LogP contribution in [-0.4, -0.2) is 257 Å². The van der Waals surface area contributed by atoms with Gasteiger partial charge in [0.15, 0.2) is 0 Å². The molecule has 1 fully saturated rings. The summed E-state index contributed by atoms with van der Waals surface area (Å²) in [4.78, 5) is 276. The van der Waals surface area contributed by atoms with Gasteiger partial charge in [-0.15, -0.1) is 0 Å². The zero-order valence-corrected chi connectivity index (χ0v) is 76.9. The van der Waals surface area contributed by atoms with Crippen LogP contribution in [0.3, 0.4) is 0 Å². The summed E-state index contributed by atoms with van der Waals surface area (Å²) in [6.07, 6.45) is 3.50. The van der Waals surface area contributed by atoms with Crippen molar-refractivity contribution < 1.29 is 217 Å². The van der Waals surface area contributed by atoms with Crippen LogP contribution in [0, 0.1) is 52.8 Å². The summed E-state index contributed by atoms with van der Waals surface area (Å²) < 4.78 is 64.3. The number of ketones is 5. The molecule has 0 unspecified atom stereocenters. The molecule has 0 bridgehead atoms. The van der Waals surface area contributed by atoms with Gasteiger partial charge in [-0.25, -0.2) is 33.6 Å². The first kappa shape index (κ1) is 123.